The van der Waals surface area contributed by atoms with Crippen LogP contribution in [0.15, 0.2) is 0 Å². The molecule has 2 aliphatic heterocycles. The van der Waals surface area contributed by atoms with Crippen LogP contribution < -0.4 is 5.73 Å². The molecule has 4 heteroatoms. The monoisotopic (exact) mass is 283 g/mol. The maximum Gasteiger partial charge on any atom is 0.246 e. The van der Waals surface area contributed by atoms with Crippen LogP contribution in [0.3, 0.4) is 0 Å². The Morgan fingerprint density at radius 1 is 0.850 bits per heavy atom. The van der Waals surface area contributed by atoms with Gasteiger partial charge in [-0.2, -0.15) is 0 Å². The lowest BCUT2D eigenvalue weighted by Crippen LogP contribution is -2.33. The fraction of sp³-hybridized carbons (Fsp3) is 0.938. The molecule has 0 spiro atoms. The van der Waals surface area contributed by atoms with Crippen molar-refractivity contribution in [2.24, 2.45) is 5.73 Å². The quantitative estimate of drug-likeness (QED) is 0.752. The third kappa shape index (κ3) is 5.80. The Morgan fingerprint density at radius 3 is 2.10 bits per heavy atom. The summed E-state index contributed by atoms with van der Waals surface area (Å²) in [5.41, 5.74) is 5.41. The zero-order valence-electron chi connectivity index (χ0n) is 12.5. The standard InChI is InChI=1S/C16H29NO3/c17-16(18)15-12-14-13(20-14)10-8-6-4-2-1-3-5-7-9-11-19-15/h13-15H,1-12H2,(H2,17,18). The molecule has 2 aliphatic rings. The second kappa shape index (κ2) is 8.63. The van der Waals surface area contributed by atoms with Gasteiger partial charge in [-0.3, -0.25) is 4.79 Å². The molecule has 0 aromatic carbocycles. The molecule has 2 rings (SSSR count). The van der Waals surface area contributed by atoms with Crippen molar-refractivity contribution >= 4 is 5.91 Å². The van der Waals surface area contributed by atoms with Crippen LogP contribution in [-0.4, -0.2) is 30.8 Å². The van der Waals surface area contributed by atoms with Gasteiger partial charge in [-0.25, -0.2) is 0 Å². The average molecular weight is 283 g/mol. The first-order chi connectivity index (χ1) is 9.77. The molecule has 2 saturated heterocycles. The molecule has 2 fully saturated rings. The third-order valence-corrected chi connectivity index (χ3v) is 4.40. The van der Waals surface area contributed by atoms with Crippen LogP contribution in [-0.2, 0) is 14.3 Å². The number of fused-ring (bicyclic) bond motifs is 1. The minimum Gasteiger partial charge on any atom is -0.369 e. The van der Waals surface area contributed by atoms with E-state index in [1.807, 2.05) is 0 Å². The van der Waals surface area contributed by atoms with Gasteiger partial charge in [0, 0.05) is 13.0 Å². The lowest BCUT2D eigenvalue weighted by Gasteiger charge is -2.13. The summed E-state index contributed by atoms with van der Waals surface area (Å²) in [6.07, 6.45) is 13.3. The van der Waals surface area contributed by atoms with Crippen LogP contribution in [0.4, 0.5) is 0 Å². The second-order valence-electron chi connectivity index (χ2n) is 6.18. The molecule has 0 saturated carbocycles. The predicted octanol–water partition coefficient (Wildman–Crippen LogP) is 2.93. The molecule has 2 N–H and O–H groups in total. The molecule has 0 bridgehead atoms. The van der Waals surface area contributed by atoms with Gasteiger partial charge in [0.05, 0.1) is 12.2 Å². The Labute approximate surface area is 122 Å². The molecule has 3 atom stereocenters. The van der Waals surface area contributed by atoms with Crippen LogP contribution in [0.2, 0.25) is 0 Å². The maximum atomic E-state index is 11.4. The minimum atomic E-state index is -0.460. The summed E-state index contributed by atoms with van der Waals surface area (Å²) in [4.78, 5) is 11.4. The minimum absolute atomic E-state index is 0.195. The molecule has 116 valence electrons. The van der Waals surface area contributed by atoms with Crippen LogP contribution in [0.5, 0.6) is 0 Å². The number of ether oxygens (including phenoxy) is 2. The largest absolute Gasteiger partial charge is 0.369 e. The Balaban J connectivity index is 1.75. The number of hydrogen-bond donors (Lipinski definition) is 1. The van der Waals surface area contributed by atoms with Crippen LogP contribution in [0.25, 0.3) is 0 Å². The number of carbonyl (C=O) groups excluding carboxylic acids is 1. The van der Waals surface area contributed by atoms with Gasteiger partial charge in [0.25, 0.3) is 0 Å². The molecule has 3 unspecified atom stereocenters. The van der Waals surface area contributed by atoms with Crippen molar-refractivity contribution in [2.75, 3.05) is 6.61 Å². The average Bonchev–Trinajstić information content (AvgIpc) is 3.15. The molecule has 4 nitrogen and oxygen atoms in total. The van der Waals surface area contributed by atoms with Crippen LogP contribution in [0.1, 0.15) is 70.6 Å². The number of amides is 1. The van der Waals surface area contributed by atoms with E-state index in [2.05, 4.69) is 0 Å². The fourth-order valence-electron chi connectivity index (χ4n) is 3.03. The summed E-state index contributed by atoms with van der Waals surface area (Å²) < 4.78 is 11.3. The number of rotatable bonds is 1. The van der Waals surface area contributed by atoms with Crippen LogP contribution >= 0.6 is 0 Å². The highest BCUT2D eigenvalue weighted by atomic mass is 16.6. The third-order valence-electron chi connectivity index (χ3n) is 4.40. The summed E-state index contributed by atoms with van der Waals surface area (Å²) >= 11 is 0. The van der Waals surface area contributed by atoms with Gasteiger partial charge in [0.2, 0.25) is 5.91 Å². The van der Waals surface area contributed by atoms with Gasteiger partial charge >= 0.3 is 0 Å². The second-order valence-corrected chi connectivity index (χ2v) is 6.18. The Morgan fingerprint density at radius 2 is 1.45 bits per heavy atom. The van der Waals surface area contributed by atoms with Gasteiger partial charge in [0.1, 0.15) is 6.10 Å². The van der Waals surface area contributed by atoms with E-state index in [9.17, 15) is 4.79 Å². The van der Waals surface area contributed by atoms with E-state index in [1.165, 1.54) is 51.4 Å². The molecular weight excluding hydrogens is 254 g/mol. The van der Waals surface area contributed by atoms with Crippen molar-refractivity contribution in [1.29, 1.82) is 0 Å². The van der Waals surface area contributed by atoms with Crippen molar-refractivity contribution in [3.63, 3.8) is 0 Å². The smallest absolute Gasteiger partial charge is 0.246 e. The molecule has 2 heterocycles. The highest BCUT2D eigenvalue weighted by molar-refractivity contribution is 5.78. The number of nitrogens with two attached hydrogens (primary N) is 1. The summed E-state index contributed by atoms with van der Waals surface area (Å²) in [5.74, 6) is -0.347. The van der Waals surface area contributed by atoms with Gasteiger partial charge in [-0.1, -0.05) is 51.4 Å². The molecule has 0 aromatic rings. The number of hydrogen-bond acceptors (Lipinski definition) is 3. The zero-order valence-corrected chi connectivity index (χ0v) is 12.5. The first-order valence-electron chi connectivity index (χ1n) is 8.34. The molecule has 20 heavy (non-hydrogen) atoms. The molecule has 0 aromatic heterocycles. The summed E-state index contributed by atoms with van der Waals surface area (Å²) in [5, 5.41) is 0. The van der Waals surface area contributed by atoms with Gasteiger partial charge in [-0.05, 0) is 12.8 Å². The van der Waals surface area contributed by atoms with E-state index in [-0.39, 0.29) is 12.0 Å². The van der Waals surface area contributed by atoms with E-state index < -0.39 is 6.10 Å². The first-order valence-corrected chi connectivity index (χ1v) is 8.34. The Hall–Kier alpha value is -0.610. The fourth-order valence-corrected chi connectivity index (χ4v) is 3.03. The Bertz CT molecular complexity index is 295. The number of carbonyl (C=O) groups is 1. The normalized spacial score (nSPS) is 34.1. The predicted molar refractivity (Wildman–Crippen MR) is 78.4 cm³/mol. The van der Waals surface area contributed by atoms with E-state index in [4.69, 9.17) is 15.2 Å². The number of primary amides is 1. The van der Waals surface area contributed by atoms with E-state index in [0.29, 0.717) is 19.1 Å². The zero-order chi connectivity index (χ0) is 14.2. The maximum absolute atomic E-state index is 11.4. The van der Waals surface area contributed by atoms with Crippen molar-refractivity contribution in [3.05, 3.63) is 0 Å². The van der Waals surface area contributed by atoms with Gasteiger partial charge in [-0.15, -0.1) is 0 Å². The lowest BCUT2D eigenvalue weighted by molar-refractivity contribution is -0.130. The topological polar surface area (TPSA) is 64.9 Å². The van der Waals surface area contributed by atoms with Gasteiger partial charge in [0.15, 0.2) is 0 Å². The van der Waals surface area contributed by atoms with E-state index in [1.54, 1.807) is 0 Å². The molecule has 0 aliphatic carbocycles. The van der Waals surface area contributed by atoms with Crippen molar-refractivity contribution < 1.29 is 14.3 Å². The summed E-state index contributed by atoms with van der Waals surface area (Å²) in [6, 6.07) is 0. The van der Waals surface area contributed by atoms with E-state index >= 15 is 0 Å². The summed E-state index contributed by atoms with van der Waals surface area (Å²) in [6.45, 7) is 0.644. The lowest BCUT2D eigenvalue weighted by atomic mass is 10.0. The van der Waals surface area contributed by atoms with Crippen molar-refractivity contribution in [1.82, 2.24) is 0 Å². The van der Waals surface area contributed by atoms with Crippen molar-refractivity contribution in [2.45, 2.75) is 88.9 Å². The number of epoxide rings is 1. The van der Waals surface area contributed by atoms with Gasteiger partial charge < -0.3 is 15.2 Å². The van der Waals surface area contributed by atoms with E-state index in [0.717, 1.165) is 12.8 Å². The van der Waals surface area contributed by atoms with Crippen molar-refractivity contribution in [3.8, 4) is 0 Å². The molecular formula is C16H29NO3. The highest BCUT2D eigenvalue weighted by Gasteiger charge is 2.40. The first kappa shape index (κ1) is 15.8. The molecule has 1 amide bonds. The SMILES string of the molecule is NC(=O)C1CC2OC2CCCCCCCCCCCO1. The summed E-state index contributed by atoms with van der Waals surface area (Å²) in [7, 11) is 0. The highest BCUT2D eigenvalue weighted by Crippen LogP contribution is 2.32. The Kier molecular flexibility index (Phi) is 6.80. The van der Waals surface area contributed by atoms with Crippen LogP contribution in [0, 0.1) is 0 Å². The molecule has 0 radical (unpaired) electrons.